The normalized spacial score (nSPS) is 17.0. The molecule has 128 valence electrons. The Hall–Kier alpha value is -2.34. The number of hydrogen-bond acceptors (Lipinski definition) is 4. The summed E-state index contributed by atoms with van der Waals surface area (Å²) in [5.74, 6) is 0.614. The zero-order valence-electron chi connectivity index (χ0n) is 14.1. The molecule has 6 nitrogen and oxygen atoms in total. The van der Waals surface area contributed by atoms with Crippen molar-refractivity contribution < 1.29 is 14.3 Å². The molecule has 24 heavy (non-hydrogen) atoms. The average Bonchev–Trinajstić information content (AvgIpc) is 3.21. The predicted octanol–water partition coefficient (Wildman–Crippen LogP) is 2.45. The molecule has 1 aliphatic rings. The summed E-state index contributed by atoms with van der Waals surface area (Å²) in [6.45, 7) is 5.64. The number of nitrogens with one attached hydrogen (secondary N) is 1. The molecule has 2 aromatic rings. The van der Waals surface area contributed by atoms with Gasteiger partial charge in [-0.1, -0.05) is 6.07 Å². The van der Waals surface area contributed by atoms with Gasteiger partial charge in [0.25, 0.3) is 5.91 Å². The van der Waals surface area contributed by atoms with Crippen molar-refractivity contribution in [1.82, 2.24) is 15.1 Å². The van der Waals surface area contributed by atoms with Crippen molar-refractivity contribution in [3.8, 4) is 5.75 Å². The molecule has 3 rings (SSSR count). The van der Waals surface area contributed by atoms with E-state index >= 15 is 0 Å². The molecule has 1 aliphatic heterocycles. The molecule has 1 aromatic heterocycles. The minimum atomic E-state index is -0.185. The van der Waals surface area contributed by atoms with E-state index in [4.69, 9.17) is 9.47 Å². The molecule has 1 fully saturated rings. The van der Waals surface area contributed by atoms with E-state index in [-0.39, 0.29) is 18.7 Å². The number of aromatic nitrogens is 2. The van der Waals surface area contributed by atoms with Crippen molar-refractivity contribution in [3.05, 3.63) is 47.3 Å². The summed E-state index contributed by atoms with van der Waals surface area (Å²) in [6.07, 6.45) is 3.93. The summed E-state index contributed by atoms with van der Waals surface area (Å²) in [5, 5.41) is 7.12. The lowest BCUT2D eigenvalue weighted by atomic mass is 10.1. The quantitative estimate of drug-likeness (QED) is 0.884. The number of ether oxygens (including phenoxy) is 2. The molecular formula is C18H23N3O3. The fourth-order valence-corrected chi connectivity index (χ4v) is 2.81. The van der Waals surface area contributed by atoms with Gasteiger partial charge in [0.1, 0.15) is 11.4 Å². The van der Waals surface area contributed by atoms with Gasteiger partial charge in [-0.2, -0.15) is 5.10 Å². The maximum atomic E-state index is 12.1. The van der Waals surface area contributed by atoms with Gasteiger partial charge in [0.15, 0.2) is 6.73 Å². The highest BCUT2D eigenvalue weighted by Crippen LogP contribution is 2.16. The Bertz CT molecular complexity index is 685. The second-order valence-corrected chi connectivity index (χ2v) is 6.18. The Morgan fingerprint density at radius 2 is 2.17 bits per heavy atom. The van der Waals surface area contributed by atoms with Gasteiger partial charge >= 0.3 is 0 Å². The SMILES string of the molecule is Cc1cc(C)cc(OCn2ccc(C(=O)NC[C@@H]3CCCO3)n2)c1. The molecule has 6 heteroatoms. The zero-order chi connectivity index (χ0) is 16.9. The van der Waals surface area contributed by atoms with Gasteiger partial charge in [-0.25, -0.2) is 4.68 Å². The van der Waals surface area contributed by atoms with Crippen LogP contribution in [0.1, 0.15) is 34.5 Å². The highest BCUT2D eigenvalue weighted by Gasteiger charge is 2.17. The summed E-state index contributed by atoms with van der Waals surface area (Å²) in [7, 11) is 0. The number of carbonyl (C=O) groups excluding carboxylic acids is 1. The summed E-state index contributed by atoms with van der Waals surface area (Å²) in [6, 6.07) is 7.74. The van der Waals surface area contributed by atoms with Gasteiger partial charge in [-0.15, -0.1) is 0 Å². The van der Waals surface area contributed by atoms with Gasteiger partial charge in [-0.3, -0.25) is 4.79 Å². The smallest absolute Gasteiger partial charge is 0.271 e. The van der Waals surface area contributed by atoms with E-state index in [9.17, 15) is 4.79 Å². The average molecular weight is 329 g/mol. The molecule has 1 N–H and O–H groups in total. The lowest BCUT2D eigenvalue weighted by Gasteiger charge is -2.10. The molecule has 0 aliphatic carbocycles. The van der Waals surface area contributed by atoms with Crippen LogP contribution in [0.4, 0.5) is 0 Å². The molecule has 1 atom stereocenters. The van der Waals surface area contributed by atoms with Gasteiger partial charge in [0.2, 0.25) is 0 Å². The number of benzene rings is 1. The molecule has 1 aromatic carbocycles. The second kappa shape index (κ2) is 7.49. The van der Waals surface area contributed by atoms with E-state index in [0.717, 1.165) is 36.3 Å². The molecular weight excluding hydrogens is 306 g/mol. The second-order valence-electron chi connectivity index (χ2n) is 6.18. The van der Waals surface area contributed by atoms with Gasteiger partial charge in [0, 0.05) is 19.3 Å². The fraction of sp³-hybridized carbons (Fsp3) is 0.444. The van der Waals surface area contributed by atoms with Gasteiger partial charge in [-0.05, 0) is 56.0 Å². The summed E-state index contributed by atoms with van der Waals surface area (Å²) < 4.78 is 12.8. The van der Waals surface area contributed by atoms with Crippen LogP contribution in [0.2, 0.25) is 0 Å². The van der Waals surface area contributed by atoms with Gasteiger partial charge < -0.3 is 14.8 Å². The van der Waals surface area contributed by atoms with Crippen LogP contribution in [0, 0.1) is 13.8 Å². The van der Waals surface area contributed by atoms with Crippen LogP contribution in [0.25, 0.3) is 0 Å². The van der Waals surface area contributed by atoms with Crippen molar-refractivity contribution in [3.63, 3.8) is 0 Å². The molecule has 1 amide bonds. The van der Waals surface area contributed by atoms with Crippen molar-refractivity contribution >= 4 is 5.91 Å². The monoisotopic (exact) mass is 329 g/mol. The number of nitrogens with zero attached hydrogens (tertiary/aromatic N) is 2. The minimum absolute atomic E-state index is 0.129. The Morgan fingerprint density at radius 1 is 1.38 bits per heavy atom. The molecule has 1 saturated heterocycles. The Kier molecular flexibility index (Phi) is 5.15. The topological polar surface area (TPSA) is 65.4 Å². The fourth-order valence-electron chi connectivity index (χ4n) is 2.81. The van der Waals surface area contributed by atoms with Crippen LogP contribution in [-0.4, -0.2) is 34.9 Å². The van der Waals surface area contributed by atoms with Crippen molar-refractivity contribution in [2.45, 2.75) is 39.5 Å². The van der Waals surface area contributed by atoms with E-state index in [1.165, 1.54) is 0 Å². The molecule has 0 radical (unpaired) electrons. The largest absolute Gasteiger partial charge is 0.471 e. The van der Waals surface area contributed by atoms with Crippen LogP contribution in [0.3, 0.4) is 0 Å². The zero-order valence-corrected chi connectivity index (χ0v) is 14.1. The first kappa shape index (κ1) is 16.5. The number of rotatable bonds is 6. The van der Waals surface area contributed by atoms with Crippen LogP contribution < -0.4 is 10.1 Å². The third-order valence-electron chi connectivity index (χ3n) is 3.95. The molecule has 2 heterocycles. The van der Waals surface area contributed by atoms with E-state index in [1.807, 2.05) is 26.0 Å². The van der Waals surface area contributed by atoms with E-state index < -0.39 is 0 Å². The molecule has 0 spiro atoms. The molecule has 0 bridgehead atoms. The third kappa shape index (κ3) is 4.35. The maximum absolute atomic E-state index is 12.1. The Morgan fingerprint density at radius 3 is 2.88 bits per heavy atom. The summed E-state index contributed by atoms with van der Waals surface area (Å²) in [4.78, 5) is 12.1. The molecule has 0 unspecified atom stereocenters. The number of aryl methyl sites for hydroxylation is 2. The lowest BCUT2D eigenvalue weighted by molar-refractivity contribution is 0.0852. The van der Waals surface area contributed by atoms with Crippen molar-refractivity contribution in [1.29, 1.82) is 0 Å². The van der Waals surface area contributed by atoms with Crippen molar-refractivity contribution in [2.75, 3.05) is 13.2 Å². The summed E-state index contributed by atoms with van der Waals surface area (Å²) >= 11 is 0. The molecule has 0 saturated carbocycles. The Labute approximate surface area is 141 Å². The highest BCUT2D eigenvalue weighted by atomic mass is 16.5. The lowest BCUT2D eigenvalue weighted by Crippen LogP contribution is -2.32. The maximum Gasteiger partial charge on any atom is 0.271 e. The number of carbonyl (C=O) groups is 1. The Balaban J connectivity index is 1.51. The van der Waals surface area contributed by atoms with Crippen LogP contribution in [0.15, 0.2) is 30.5 Å². The van der Waals surface area contributed by atoms with Gasteiger partial charge in [0.05, 0.1) is 6.10 Å². The first-order valence-corrected chi connectivity index (χ1v) is 8.24. The first-order chi connectivity index (χ1) is 11.6. The van der Waals surface area contributed by atoms with Crippen LogP contribution in [0.5, 0.6) is 5.75 Å². The van der Waals surface area contributed by atoms with E-state index in [2.05, 4.69) is 16.5 Å². The highest BCUT2D eigenvalue weighted by molar-refractivity contribution is 5.92. The summed E-state index contributed by atoms with van der Waals surface area (Å²) in [5.41, 5.74) is 2.69. The van der Waals surface area contributed by atoms with Crippen molar-refractivity contribution in [2.24, 2.45) is 0 Å². The minimum Gasteiger partial charge on any atom is -0.471 e. The van der Waals surface area contributed by atoms with Crippen LogP contribution >= 0.6 is 0 Å². The number of amides is 1. The third-order valence-corrected chi connectivity index (χ3v) is 3.95. The van der Waals surface area contributed by atoms with Crippen LogP contribution in [-0.2, 0) is 11.5 Å². The first-order valence-electron chi connectivity index (χ1n) is 8.24. The van der Waals surface area contributed by atoms with E-state index in [0.29, 0.717) is 12.2 Å². The predicted molar refractivity (Wildman–Crippen MR) is 90.1 cm³/mol. The standard InChI is InChI=1S/C18H23N3O3/c1-13-8-14(2)10-16(9-13)24-12-21-6-5-17(20-21)18(22)19-11-15-4-3-7-23-15/h5-6,8-10,15H,3-4,7,11-12H2,1-2H3,(H,19,22)/t15-/m0/s1. The van der Waals surface area contributed by atoms with E-state index in [1.54, 1.807) is 16.9 Å². The number of hydrogen-bond donors (Lipinski definition) is 1.